The van der Waals surface area contributed by atoms with Crippen molar-refractivity contribution >= 4 is 11.8 Å². The van der Waals surface area contributed by atoms with E-state index in [9.17, 15) is 14.0 Å². The fraction of sp³-hybridized carbons (Fsp3) is 0.0417. The van der Waals surface area contributed by atoms with Crippen molar-refractivity contribution in [1.29, 1.82) is 0 Å². The van der Waals surface area contributed by atoms with Crippen LogP contribution in [-0.2, 0) is 4.74 Å². The Morgan fingerprint density at radius 3 is 2.17 bits per heavy atom. The van der Waals surface area contributed by atoms with Crippen LogP contribution in [0.4, 0.5) is 4.39 Å². The van der Waals surface area contributed by atoms with Gasteiger partial charge in [-0.25, -0.2) is 13.9 Å². The summed E-state index contributed by atoms with van der Waals surface area (Å²) >= 11 is 0. The van der Waals surface area contributed by atoms with E-state index >= 15 is 0 Å². The Balaban J connectivity index is 1.62. The Morgan fingerprint density at radius 2 is 1.47 bits per heavy atom. The number of halogens is 1. The minimum absolute atomic E-state index is 0.117. The molecule has 0 unspecified atom stereocenters. The number of para-hydroxylation sites is 1. The summed E-state index contributed by atoms with van der Waals surface area (Å²) in [6.07, 6.45) is 1.56. The van der Waals surface area contributed by atoms with E-state index in [0.29, 0.717) is 5.69 Å². The lowest BCUT2D eigenvalue weighted by atomic mass is 10.1. The van der Waals surface area contributed by atoms with Crippen molar-refractivity contribution in [2.24, 2.45) is 0 Å². The van der Waals surface area contributed by atoms with Crippen molar-refractivity contribution in [1.82, 2.24) is 9.78 Å². The second-order valence-corrected chi connectivity index (χ2v) is 6.52. The summed E-state index contributed by atoms with van der Waals surface area (Å²) in [7, 11) is 0. The fourth-order valence-electron chi connectivity index (χ4n) is 3.02. The number of benzene rings is 3. The van der Waals surface area contributed by atoms with Crippen molar-refractivity contribution in [3.63, 3.8) is 0 Å². The summed E-state index contributed by atoms with van der Waals surface area (Å²) in [5.41, 5.74) is 2.04. The molecule has 0 N–H and O–H groups in total. The number of hydrogen-bond acceptors (Lipinski definition) is 4. The van der Waals surface area contributed by atoms with Crippen molar-refractivity contribution < 1.29 is 18.7 Å². The molecular formula is C24H17FN2O3. The number of nitrogens with zero attached hydrogens (tertiary/aromatic N) is 2. The number of carbonyl (C=O) groups excluding carboxylic acids is 2. The molecule has 0 radical (unpaired) electrons. The number of aromatic nitrogens is 2. The predicted octanol–water partition coefficient (Wildman–Crippen LogP) is 4.72. The highest BCUT2D eigenvalue weighted by Gasteiger charge is 2.21. The minimum Gasteiger partial charge on any atom is -0.454 e. The monoisotopic (exact) mass is 400 g/mol. The van der Waals surface area contributed by atoms with Crippen LogP contribution >= 0.6 is 0 Å². The summed E-state index contributed by atoms with van der Waals surface area (Å²) in [6.45, 7) is -0.565. The first-order valence-corrected chi connectivity index (χ1v) is 9.29. The molecule has 0 saturated heterocycles. The molecule has 30 heavy (non-hydrogen) atoms. The molecule has 1 heterocycles. The van der Waals surface area contributed by atoms with Gasteiger partial charge in [-0.2, -0.15) is 5.10 Å². The number of carbonyl (C=O) groups is 2. The molecule has 5 nitrogen and oxygen atoms in total. The van der Waals surface area contributed by atoms with E-state index in [2.05, 4.69) is 5.10 Å². The van der Waals surface area contributed by atoms with E-state index in [1.165, 1.54) is 18.2 Å². The molecule has 0 aliphatic rings. The molecule has 0 aliphatic carbocycles. The molecule has 6 heteroatoms. The smallest absolute Gasteiger partial charge is 0.342 e. The minimum atomic E-state index is -0.708. The van der Waals surface area contributed by atoms with Crippen molar-refractivity contribution in [2.45, 2.75) is 0 Å². The first-order valence-electron chi connectivity index (χ1n) is 9.29. The van der Waals surface area contributed by atoms with Gasteiger partial charge in [0.1, 0.15) is 17.1 Å². The SMILES string of the molecule is O=C(COC(=O)c1cn(-c2ccccc2)nc1-c1ccccc1)c1ccccc1F. The summed E-state index contributed by atoms with van der Waals surface area (Å²) in [6, 6.07) is 24.1. The summed E-state index contributed by atoms with van der Waals surface area (Å²) in [5.74, 6) is -1.97. The molecule has 3 aromatic carbocycles. The Morgan fingerprint density at radius 1 is 0.833 bits per heavy atom. The van der Waals surface area contributed by atoms with Crippen molar-refractivity contribution in [3.8, 4) is 16.9 Å². The van der Waals surface area contributed by atoms with Gasteiger partial charge in [0.25, 0.3) is 0 Å². The number of ketones is 1. The van der Waals surface area contributed by atoms with Crippen LogP contribution in [0.15, 0.2) is 91.1 Å². The first-order chi connectivity index (χ1) is 14.6. The van der Waals surface area contributed by atoms with E-state index in [-0.39, 0.29) is 11.1 Å². The van der Waals surface area contributed by atoms with Crippen LogP contribution in [0.2, 0.25) is 0 Å². The highest BCUT2D eigenvalue weighted by Crippen LogP contribution is 2.24. The maximum Gasteiger partial charge on any atom is 0.342 e. The predicted molar refractivity (Wildman–Crippen MR) is 110 cm³/mol. The van der Waals surface area contributed by atoms with Crippen LogP contribution in [0.1, 0.15) is 20.7 Å². The zero-order valence-electron chi connectivity index (χ0n) is 15.9. The number of Topliss-reactive ketones (excluding diaryl/α,β-unsaturated/α-hetero) is 1. The van der Waals surface area contributed by atoms with Crippen LogP contribution in [0.3, 0.4) is 0 Å². The van der Waals surface area contributed by atoms with E-state index < -0.39 is 24.2 Å². The molecule has 0 saturated carbocycles. The standard InChI is InChI=1S/C24H17FN2O3/c25-21-14-8-7-13-19(21)22(28)16-30-24(29)20-15-27(18-11-5-2-6-12-18)26-23(20)17-9-3-1-4-10-17/h1-15H,16H2. The topological polar surface area (TPSA) is 61.2 Å². The molecule has 0 atom stereocenters. The number of ether oxygens (including phenoxy) is 1. The third-order valence-corrected chi connectivity index (χ3v) is 4.51. The highest BCUT2D eigenvalue weighted by molar-refractivity contribution is 6.01. The largest absolute Gasteiger partial charge is 0.454 e. The van der Waals surface area contributed by atoms with E-state index in [1.54, 1.807) is 16.9 Å². The van der Waals surface area contributed by atoms with Gasteiger partial charge in [-0.3, -0.25) is 4.79 Å². The van der Waals surface area contributed by atoms with Crippen LogP contribution in [-0.4, -0.2) is 28.1 Å². The van der Waals surface area contributed by atoms with Gasteiger partial charge in [0.05, 0.1) is 11.3 Å². The second kappa shape index (κ2) is 8.53. The Kier molecular flexibility index (Phi) is 5.48. The van der Waals surface area contributed by atoms with Gasteiger partial charge >= 0.3 is 5.97 Å². The summed E-state index contributed by atoms with van der Waals surface area (Å²) in [4.78, 5) is 25.0. The normalized spacial score (nSPS) is 10.6. The molecule has 0 spiro atoms. The van der Waals surface area contributed by atoms with Gasteiger partial charge in [-0.05, 0) is 24.3 Å². The summed E-state index contributed by atoms with van der Waals surface area (Å²) < 4.78 is 20.6. The zero-order valence-corrected chi connectivity index (χ0v) is 15.9. The molecule has 148 valence electrons. The third kappa shape index (κ3) is 4.03. The maximum absolute atomic E-state index is 13.8. The fourth-order valence-corrected chi connectivity index (χ4v) is 3.02. The average molecular weight is 400 g/mol. The Labute approximate surface area is 172 Å². The summed E-state index contributed by atoms with van der Waals surface area (Å²) in [5, 5.41) is 4.54. The quantitative estimate of drug-likeness (QED) is 0.347. The van der Waals surface area contributed by atoms with Gasteiger partial charge in [-0.15, -0.1) is 0 Å². The lowest BCUT2D eigenvalue weighted by Gasteiger charge is -2.05. The Hall–Kier alpha value is -4.06. The van der Waals surface area contributed by atoms with Crippen molar-refractivity contribution in [3.05, 3.63) is 108 Å². The van der Waals surface area contributed by atoms with Gasteiger partial charge in [0.2, 0.25) is 5.78 Å². The molecule has 0 amide bonds. The van der Waals surface area contributed by atoms with Gasteiger partial charge in [0, 0.05) is 11.8 Å². The molecule has 4 aromatic rings. The van der Waals surface area contributed by atoms with E-state index in [0.717, 1.165) is 11.3 Å². The van der Waals surface area contributed by atoms with Crippen LogP contribution in [0.5, 0.6) is 0 Å². The molecular weight excluding hydrogens is 383 g/mol. The highest BCUT2D eigenvalue weighted by atomic mass is 19.1. The lowest BCUT2D eigenvalue weighted by Crippen LogP contribution is -2.15. The number of hydrogen-bond donors (Lipinski definition) is 0. The van der Waals surface area contributed by atoms with Crippen LogP contribution in [0.25, 0.3) is 16.9 Å². The molecule has 0 fully saturated rings. The maximum atomic E-state index is 13.8. The third-order valence-electron chi connectivity index (χ3n) is 4.51. The van der Waals surface area contributed by atoms with Crippen LogP contribution in [0, 0.1) is 5.82 Å². The van der Waals surface area contributed by atoms with E-state index in [1.807, 2.05) is 60.7 Å². The van der Waals surface area contributed by atoms with Crippen molar-refractivity contribution in [2.75, 3.05) is 6.61 Å². The molecule has 0 aliphatic heterocycles. The van der Waals surface area contributed by atoms with Gasteiger partial charge in [0.15, 0.2) is 6.61 Å². The molecule has 0 bridgehead atoms. The zero-order chi connectivity index (χ0) is 20.9. The van der Waals surface area contributed by atoms with Gasteiger partial charge in [-0.1, -0.05) is 60.7 Å². The van der Waals surface area contributed by atoms with E-state index in [4.69, 9.17) is 4.74 Å². The average Bonchev–Trinajstić information content (AvgIpc) is 3.24. The lowest BCUT2D eigenvalue weighted by molar-refractivity contribution is 0.0474. The second-order valence-electron chi connectivity index (χ2n) is 6.52. The van der Waals surface area contributed by atoms with Gasteiger partial charge < -0.3 is 4.74 Å². The first kappa shape index (κ1) is 19.3. The molecule has 1 aromatic heterocycles. The number of rotatable bonds is 6. The number of esters is 1. The van der Waals surface area contributed by atoms with Crippen LogP contribution < -0.4 is 0 Å². The molecule has 4 rings (SSSR count). The Bertz CT molecular complexity index is 1190.